The van der Waals surface area contributed by atoms with Gasteiger partial charge in [0.25, 0.3) is 0 Å². The number of aromatic nitrogens is 1. The molecular weight excluding hydrogens is 200 g/mol. The molecule has 1 aromatic heterocycles. The predicted octanol–water partition coefficient (Wildman–Crippen LogP) is 1.75. The maximum Gasteiger partial charge on any atom is 0.357 e. The molecule has 0 aromatic carbocycles. The molecule has 0 bridgehead atoms. The minimum atomic E-state index is -0.377. The Morgan fingerprint density at radius 1 is 1.79 bits per heavy atom. The van der Waals surface area contributed by atoms with Gasteiger partial charge in [-0.25, -0.2) is 9.78 Å². The number of anilines is 1. The average Bonchev–Trinajstić information content (AvgIpc) is 2.68. The molecule has 1 aromatic rings. The summed E-state index contributed by atoms with van der Waals surface area (Å²) in [6.45, 7) is 2.19. The number of methoxy groups -OCH3 is 1. The van der Waals surface area contributed by atoms with Crippen LogP contribution in [0.25, 0.3) is 0 Å². The number of hydrogen-bond donors (Lipinski definition) is 1. The maximum atomic E-state index is 11.1. The van der Waals surface area contributed by atoms with E-state index in [1.165, 1.54) is 24.9 Å². The summed E-state index contributed by atoms with van der Waals surface area (Å²) < 4.78 is 4.57. The number of thiazole rings is 1. The van der Waals surface area contributed by atoms with E-state index in [4.69, 9.17) is 0 Å². The van der Waals surface area contributed by atoms with Crippen LogP contribution in [0.15, 0.2) is 5.38 Å². The Morgan fingerprint density at radius 2 is 2.50 bits per heavy atom. The molecule has 2 atom stereocenters. The highest BCUT2D eigenvalue weighted by atomic mass is 32.1. The summed E-state index contributed by atoms with van der Waals surface area (Å²) in [5, 5.41) is 5.78. The van der Waals surface area contributed by atoms with Crippen LogP contribution in [-0.2, 0) is 4.74 Å². The minimum Gasteiger partial charge on any atom is -0.464 e. The summed E-state index contributed by atoms with van der Waals surface area (Å²) in [5.41, 5.74) is 0.383. The molecule has 4 nitrogen and oxygen atoms in total. The van der Waals surface area contributed by atoms with Gasteiger partial charge in [-0.05, 0) is 12.3 Å². The number of nitrogens with one attached hydrogen (secondary N) is 1. The summed E-state index contributed by atoms with van der Waals surface area (Å²) in [4.78, 5) is 15.2. The second-order valence-electron chi connectivity index (χ2n) is 3.49. The predicted molar refractivity (Wildman–Crippen MR) is 54.6 cm³/mol. The molecular formula is C9H12N2O2S. The van der Waals surface area contributed by atoms with E-state index in [2.05, 4.69) is 22.0 Å². The number of carbonyl (C=O) groups excluding carboxylic acids is 1. The SMILES string of the molecule is COC(=O)c1csc(NC2CC2C)n1. The van der Waals surface area contributed by atoms with E-state index in [9.17, 15) is 4.79 Å². The Morgan fingerprint density at radius 3 is 3.07 bits per heavy atom. The van der Waals surface area contributed by atoms with Crippen molar-refractivity contribution in [1.82, 2.24) is 4.98 Å². The van der Waals surface area contributed by atoms with E-state index >= 15 is 0 Å². The molecule has 2 rings (SSSR count). The fourth-order valence-corrected chi connectivity index (χ4v) is 1.96. The molecule has 1 aliphatic carbocycles. The summed E-state index contributed by atoms with van der Waals surface area (Å²) in [6.07, 6.45) is 1.19. The number of nitrogens with zero attached hydrogens (tertiary/aromatic N) is 1. The van der Waals surface area contributed by atoms with Crippen LogP contribution in [0.2, 0.25) is 0 Å². The monoisotopic (exact) mass is 212 g/mol. The molecule has 5 heteroatoms. The zero-order valence-electron chi connectivity index (χ0n) is 8.11. The highest BCUT2D eigenvalue weighted by Gasteiger charge is 2.33. The lowest BCUT2D eigenvalue weighted by Gasteiger charge is -1.97. The molecule has 2 unspecified atom stereocenters. The summed E-state index contributed by atoms with van der Waals surface area (Å²) in [5.74, 6) is 0.346. The Balaban J connectivity index is 1.99. The Kier molecular flexibility index (Phi) is 2.41. The molecule has 1 fully saturated rings. The van der Waals surface area contributed by atoms with Gasteiger partial charge in [0.05, 0.1) is 7.11 Å². The van der Waals surface area contributed by atoms with Gasteiger partial charge in [-0.3, -0.25) is 0 Å². The maximum absolute atomic E-state index is 11.1. The van der Waals surface area contributed by atoms with Crippen LogP contribution in [0.1, 0.15) is 23.8 Å². The van der Waals surface area contributed by atoms with Crippen molar-refractivity contribution in [3.63, 3.8) is 0 Å². The van der Waals surface area contributed by atoms with E-state index in [-0.39, 0.29) is 5.97 Å². The fraction of sp³-hybridized carbons (Fsp3) is 0.556. The van der Waals surface area contributed by atoms with Crippen molar-refractivity contribution < 1.29 is 9.53 Å². The lowest BCUT2D eigenvalue weighted by Crippen LogP contribution is -2.05. The molecule has 0 radical (unpaired) electrons. The first-order valence-electron chi connectivity index (χ1n) is 4.51. The molecule has 0 amide bonds. The van der Waals surface area contributed by atoms with Crippen LogP contribution in [0.5, 0.6) is 0 Å². The van der Waals surface area contributed by atoms with Gasteiger partial charge in [0.15, 0.2) is 10.8 Å². The van der Waals surface area contributed by atoms with Gasteiger partial charge < -0.3 is 10.1 Å². The highest BCUT2D eigenvalue weighted by Crippen LogP contribution is 2.33. The zero-order valence-corrected chi connectivity index (χ0v) is 8.93. The first-order chi connectivity index (χ1) is 6.70. The average molecular weight is 212 g/mol. The van der Waals surface area contributed by atoms with Crippen LogP contribution in [-0.4, -0.2) is 24.1 Å². The quantitative estimate of drug-likeness (QED) is 0.775. The minimum absolute atomic E-state index is 0.377. The number of carbonyl (C=O) groups is 1. The lowest BCUT2D eigenvalue weighted by atomic mass is 10.5. The standard InChI is InChI=1S/C9H12N2O2S/c1-5-3-6(5)10-9-11-7(4-14-9)8(12)13-2/h4-6H,3H2,1-2H3,(H,10,11). The van der Waals surface area contributed by atoms with Gasteiger partial charge in [-0.1, -0.05) is 6.92 Å². The lowest BCUT2D eigenvalue weighted by molar-refractivity contribution is 0.0595. The first-order valence-corrected chi connectivity index (χ1v) is 5.39. The molecule has 0 aliphatic heterocycles. The molecule has 1 aliphatic rings. The van der Waals surface area contributed by atoms with E-state index < -0.39 is 0 Å². The van der Waals surface area contributed by atoms with Crippen molar-refractivity contribution in [2.45, 2.75) is 19.4 Å². The Bertz CT molecular complexity index is 350. The van der Waals surface area contributed by atoms with Crippen molar-refractivity contribution in [3.8, 4) is 0 Å². The highest BCUT2D eigenvalue weighted by molar-refractivity contribution is 7.13. The third-order valence-electron chi connectivity index (χ3n) is 2.32. The fourth-order valence-electron chi connectivity index (χ4n) is 1.22. The van der Waals surface area contributed by atoms with E-state index in [0.717, 1.165) is 11.0 Å². The number of rotatable bonds is 3. The Hall–Kier alpha value is -1.10. The summed E-state index contributed by atoms with van der Waals surface area (Å²) in [6, 6.07) is 0.534. The van der Waals surface area contributed by atoms with Gasteiger partial charge in [0.2, 0.25) is 0 Å². The number of hydrogen-bond acceptors (Lipinski definition) is 5. The summed E-state index contributed by atoms with van der Waals surface area (Å²) in [7, 11) is 1.36. The van der Waals surface area contributed by atoms with Gasteiger partial charge in [0.1, 0.15) is 0 Å². The van der Waals surface area contributed by atoms with Crippen molar-refractivity contribution in [3.05, 3.63) is 11.1 Å². The van der Waals surface area contributed by atoms with Crippen LogP contribution in [0.3, 0.4) is 0 Å². The molecule has 76 valence electrons. The van der Waals surface area contributed by atoms with E-state index in [1.54, 1.807) is 5.38 Å². The molecule has 0 saturated heterocycles. The van der Waals surface area contributed by atoms with Crippen LogP contribution in [0, 0.1) is 5.92 Å². The number of esters is 1. The van der Waals surface area contributed by atoms with Gasteiger partial charge in [0, 0.05) is 11.4 Å². The van der Waals surface area contributed by atoms with Gasteiger partial charge in [-0.15, -0.1) is 11.3 Å². The molecule has 1 N–H and O–H groups in total. The molecule has 14 heavy (non-hydrogen) atoms. The first kappa shape index (κ1) is 9.45. The van der Waals surface area contributed by atoms with Crippen molar-refractivity contribution >= 4 is 22.4 Å². The normalized spacial score (nSPS) is 24.4. The van der Waals surface area contributed by atoms with Crippen LogP contribution >= 0.6 is 11.3 Å². The third-order valence-corrected chi connectivity index (χ3v) is 3.09. The topological polar surface area (TPSA) is 51.2 Å². The zero-order chi connectivity index (χ0) is 10.1. The summed E-state index contributed by atoms with van der Waals surface area (Å²) >= 11 is 1.44. The Labute approximate surface area is 86.3 Å². The smallest absolute Gasteiger partial charge is 0.357 e. The van der Waals surface area contributed by atoms with Gasteiger partial charge >= 0.3 is 5.97 Å². The van der Waals surface area contributed by atoms with Crippen molar-refractivity contribution in [1.29, 1.82) is 0 Å². The second kappa shape index (κ2) is 3.57. The van der Waals surface area contributed by atoms with E-state index in [0.29, 0.717) is 11.7 Å². The van der Waals surface area contributed by atoms with E-state index in [1.807, 2.05) is 0 Å². The van der Waals surface area contributed by atoms with Gasteiger partial charge in [-0.2, -0.15) is 0 Å². The van der Waals surface area contributed by atoms with Crippen LogP contribution in [0.4, 0.5) is 5.13 Å². The van der Waals surface area contributed by atoms with Crippen LogP contribution < -0.4 is 5.32 Å². The molecule has 1 saturated carbocycles. The second-order valence-corrected chi connectivity index (χ2v) is 4.35. The van der Waals surface area contributed by atoms with Crippen molar-refractivity contribution in [2.75, 3.05) is 12.4 Å². The molecule has 0 spiro atoms. The van der Waals surface area contributed by atoms with Crippen molar-refractivity contribution in [2.24, 2.45) is 5.92 Å². The molecule has 1 heterocycles. The third kappa shape index (κ3) is 1.87. The largest absolute Gasteiger partial charge is 0.464 e. The number of ether oxygens (including phenoxy) is 1.